The molecule has 3 aromatic rings. The van der Waals surface area contributed by atoms with Gasteiger partial charge in [0.15, 0.2) is 0 Å². The minimum atomic E-state index is -2.15. The van der Waals surface area contributed by atoms with Crippen LogP contribution in [0.2, 0.25) is 18.6 Å². The molecule has 3 aromatic carbocycles. The number of hydrogen-bond donors (Lipinski definition) is 0. The number of ether oxygens (including phenoxy) is 1. The average molecular weight is 526 g/mol. The molecule has 1 saturated heterocycles. The highest BCUT2D eigenvalue weighted by molar-refractivity contribution is 6.91. The van der Waals surface area contributed by atoms with Crippen LogP contribution in [0.15, 0.2) is 103 Å². The second-order valence-corrected chi connectivity index (χ2v) is 16.6. The lowest BCUT2D eigenvalue weighted by Crippen LogP contribution is -2.55. The highest BCUT2D eigenvalue weighted by Gasteiger charge is 2.56. The first-order valence-corrected chi connectivity index (χ1v) is 17.0. The van der Waals surface area contributed by atoms with Crippen LogP contribution in [0.25, 0.3) is 0 Å². The molecule has 1 fully saturated rings. The van der Waals surface area contributed by atoms with Crippen LogP contribution in [0.1, 0.15) is 38.3 Å². The first-order valence-electron chi connectivity index (χ1n) is 13.9. The molecule has 1 aliphatic heterocycles. The Hall–Kier alpha value is -2.95. The third-order valence-corrected chi connectivity index (χ3v) is 12.3. The zero-order valence-corrected chi connectivity index (χ0v) is 24.6. The number of nitrogens with zero attached hydrogens (tertiary/aromatic N) is 1. The lowest BCUT2D eigenvalue weighted by Gasteiger charge is -2.43. The van der Waals surface area contributed by atoms with Crippen molar-refractivity contribution in [1.29, 1.82) is 0 Å². The maximum absolute atomic E-state index is 13.6. The van der Waals surface area contributed by atoms with E-state index in [9.17, 15) is 4.79 Å². The van der Waals surface area contributed by atoms with E-state index < -0.39 is 8.07 Å². The van der Waals surface area contributed by atoms with Gasteiger partial charge >= 0.3 is 5.97 Å². The van der Waals surface area contributed by atoms with Crippen LogP contribution in [0.3, 0.4) is 0 Å². The summed E-state index contributed by atoms with van der Waals surface area (Å²) >= 11 is 0. The number of hydrogen-bond acceptors (Lipinski definition) is 3. The number of esters is 1. The fourth-order valence-corrected chi connectivity index (χ4v) is 10.0. The first-order chi connectivity index (χ1) is 18.2. The van der Waals surface area contributed by atoms with Crippen molar-refractivity contribution in [1.82, 2.24) is 4.90 Å². The molecular weight excluding hydrogens is 482 g/mol. The van der Waals surface area contributed by atoms with Crippen LogP contribution < -0.4 is 5.19 Å². The minimum absolute atomic E-state index is 0.0872. The maximum atomic E-state index is 13.6. The summed E-state index contributed by atoms with van der Waals surface area (Å²) in [6.07, 6.45) is 0.761. The van der Waals surface area contributed by atoms with E-state index in [0.29, 0.717) is 5.92 Å². The summed E-state index contributed by atoms with van der Waals surface area (Å²) in [5.41, 5.74) is 3.57. The van der Waals surface area contributed by atoms with Crippen molar-refractivity contribution < 1.29 is 9.53 Å². The Bertz CT molecular complexity index is 1150. The van der Waals surface area contributed by atoms with Crippen molar-refractivity contribution in [2.75, 3.05) is 0 Å². The predicted molar refractivity (Wildman–Crippen MR) is 161 cm³/mol. The third-order valence-electron chi connectivity index (χ3n) is 8.12. The van der Waals surface area contributed by atoms with Gasteiger partial charge in [0.2, 0.25) is 0 Å². The summed E-state index contributed by atoms with van der Waals surface area (Å²) in [7, 11) is -2.15. The van der Waals surface area contributed by atoms with Crippen molar-refractivity contribution in [3.8, 4) is 0 Å². The molecule has 0 bridgehead atoms. The minimum Gasteiger partial charge on any atom is -0.460 e. The lowest BCUT2D eigenvalue weighted by molar-refractivity contribution is -0.146. The molecule has 0 N–H and O–H groups in total. The molecule has 0 radical (unpaired) electrons. The molecule has 1 aliphatic rings. The summed E-state index contributed by atoms with van der Waals surface area (Å²) < 4.78 is 6.47. The third kappa shape index (κ3) is 6.36. The summed E-state index contributed by atoms with van der Waals surface area (Å²) in [5, 5.41) is 1.36. The van der Waals surface area contributed by atoms with Gasteiger partial charge in [-0.25, -0.2) is 0 Å². The normalized spacial score (nSPS) is 20.5. The zero-order valence-electron chi connectivity index (χ0n) is 23.6. The number of carbonyl (C=O) groups excluding carboxylic acids is 1. The Labute approximate surface area is 230 Å². The van der Waals surface area contributed by atoms with Gasteiger partial charge in [-0.1, -0.05) is 135 Å². The van der Waals surface area contributed by atoms with Gasteiger partial charge in [-0.05, 0) is 30.4 Å². The molecule has 4 heteroatoms. The molecule has 4 atom stereocenters. The molecule has 0 saturated carbocycles. The van der Waals surface area contributed by atoms with Gasteiger partial charge < -0.3 is 4.74 Å². The van der Waals surface area contributed by atoms with E-state index in [0.717, 1.165) is 25.1 Å². The second-order valence-electron chi connectivity index (χ2n) is 11.9. The number of benzene rings is 3. The van der Waals surface area contributed by atoms with Gasteiger partial charge in [-0.2, -0.15) is 0 Å². The van der Waals surface area contributed by atoms with E-state index in [2.05, 4.69) is 129 Å². The molecule has 0 unspecified atom stereocenters. The van der Waals surface area contributed by atoms with E-state index in [1.54, 1.807) is 0 Å². The number of cyclic esters (lactones) is 1. The molecule has 0 aliphatic carbocycles. The van der Waals surface area contributed by atoms with Crippen LogP contribution in [0.5, 0.6) is 0 Å². The van der Waals surface area contributed by atoms with E-state index in [-0.39, 0.29) is 29.6 Å². The monoisotopic (exact) mass is 525 g/mol. The van der Waals surface area contributed by atoms with Crippen molar-refractivity contribution in [2.24, 2.45) is 11.8 Å². The molecular formula is C34H43NO2Si. The summed E-state index contributed by atoms with van der Waals surface area (Å²) in [5.74, 6) is 0.0859. The van der Waals surface area contributed by atoms with Crippen molar-refractivity contribution in [3.05, 3.63) is 114 Å². The van der Waals surface area contributed by atoms with E-state index >= 15 is 0 Å². The van der Waals surface area contributed by atoms with Gasteiger partial charge in [-0.3, -0.25) is 9.69 Å². The Morgan fingerprint density at radius 1 is 0.868 bits per heavy atom. The molecule has 0 aromatic heterocycles. The van der Waals surface area contributed by atoms with Gasteiger partial charge in [0.25, 0.3) is 0 Å². The van der Waals surface area contributed by atoms with Gasteiger partial charge in [0.05, 0.1) is 14.0 Å². The van der Waals surface area contributed by atoms with Gasteiger partial charge in [-0.15, -0.1) is 0 Å². The Balaban J connectivity index is 1.81. The SMILES string of the molecule is C=C(C)[C@H]1C(=O)O[C@@H]([C@H](CC(C)C)N(Cc2ccccc2)Cc2ccccc2)[C@@H]1[Si](C)(C)c1ccccc1. The quantitative estimate of drug-likeness (QED) is 0.151. The first kappa shape index (κ1) is 28.1. The highest BCUT2D eigenvalue weighted by Crippen LogP contribution is 2.47. The number of carbonyl (C=O) groups is 1. The number of rotatable bonds is 11. The molecule has 0 amide bonds. The molecule has 200 valence electrons. The van der Waals surface area contributed by atoms with Crippen LogP contribution in [0.4, 0.5) is 0 Å². The summed E-state index contributed by atoms with van der Waals surface area (Å²) in [4.78, 5) is 16.1. The van der Waals surface area contributed by atoms with Crippen LogP contribution in [-0.2, 0) is 22.6 Å². The van der Waals surface area contributed by atoms with Crippen LogP contribution in [-0.4, -0.2) is 31.1 Å². The molecule has 4 rings (SSSR count). The summed E-state index contributed by atoms with van der Waals surface area (Å²) in [6.45, 7) is 17.3. The van der Waals surface area contributed by atoms with E-state index in [1.807, 2.05) is 6.92 Å². The van der Waals surface area contributed by atoms with Crippen LogP contribution >= 0.6 is 0 Å². The molecule has 3 nitrogen and oxygen atoms in total. The van der Waals surface area contributed by atoms with Gasteiger partial charge in [0.1, 0.15) is 6.10 Å². The van der Waals surface area contributed by atoms with E-state index in [4.69, 9.17) is 4.74 Å². The van der Waals surface area contributed by atoms with Crippen LogP contribution in [0, 0.1) is 11.8 Å². The Morgan fingerprint density at radius 2 is 1.34 bits per heavy atom. The topological polar surface area (TPSA) is 29.5 Å². The zero-order chi connectivity index (χ0) is 27.3. The maximum Gasteiger partial charge on any atom is 0.313 e. The van der Waals surface area contributed by atoms with Crippen molar-refractivity contribution in [3.63, 3.8) is 0 Å². The summed E-state index contributed by atoms with van der Waals surface area (Å²) in [6, 6.07) is 32.2. The Morgan fingerprint density at radius 3 is 1.79 bits per heavy atom. The van der Waals surface area contributed by atoms with Crippen molar-refractivity contribution in [2.45, 2.75) is 71.1 Å². The fraction of sp³-hybridized carbons (Fsp3) is 0.382. The molecule has 38 heavy (non-hydrogen) atoms. The smallest absolute Gasteiger partial charge is 0.313 e. The molecule has 1 heterocycles. The van der Waals surface area contributed by atoms with Crippen molar-refractivity contribution >= 4 is 19.2 Å². The average Bonchev–Trinajstić information content (AvgIpc) is 3.26. The highest BCUT2D eigenvalue weighted by atomic mass is 28.3. The molecule has 0 spiro atoms. The van der Waals surface area contributed by atoms with E-state index in [1.165, 1.54) is 16.3 Å². The Kier molecular flexibility index (Phi) is 9.06. The van der Waals surface area contributed by atoms with Gasteiger partial charge in [0, 0.05) is 24.7 Å². The second kappa shape index (κ2) is 12.3. The standard InChI is InChI=1S/C34H43NO2Si/c1-25(2)22-30(35(23-27-16-10-7-11-17-27)24-28-18-12-8-13-19-28)32-33(31(26(3)4)34(36)37-32)38(5,6)29-20-14-9-15-21-29/h7-21,25,30-33H,3,22-24H2,1-2,4-6H3/t30-,31+,32-,33+/m0/s1. The largest absolute Gasteiger partial charge is 0.460 e. The fourth-order valence-electron chi connectivity index (χ4n) is 6.23. The lowest BCUT2D eigenvalue weighted by atomic mass is 9.89. The predicted octanol–water partition coefficient (Wildman–Crippen LogP) is 7.21.